The Labute approximate surface area is 152 Å². The predicted molar refractivity (Wildman–Crippen MR) is 101 cm³/mol. The molecule has 138 valence electrons. The third kappa shape index (κ3) is 4.84. The van der Waals surface area contributed by atoms with Crippen LogP contribution in [0.4, 0.5) is 0 Å². The SMILES string of the molecule is Cc1cccc(C[C@H]2CN(C3CCOCC3)CC[C@H]2OCC2CC2)c1. The number of rotatable bonds is 6. The van der Waals surface area contributed by atoms with Crippen molar-refractivity contribution in [3.63, 3.8) is 0 Å². The van der Waals surface area contributed by atoms with Gasteiger partial charge < -0.3 is 9.47 Å². The first kappa shape index (κ1) is 17.5. The Balaban J connectivity index is 1.41. The third-order valence-corrected chi connectivity index (χ3v) is 6.23. The van der Waals surface area contributed by atoms with Crippen LogP contribution in [0.5, 0.6) is 0 Å². The van der Waals surface area contributed by atoms with E-state index in [1.165, 1.54) is 56.3 Å². The summed E-state index contributed by atoms with van der Waals surface area (Å²) in [6, 6.07) is 9.76. The molecule has 2 aliphatic heterocycles. The van der Waals surface area contributed by atoms with Gasteiger partial charge in [0.1, 0.15) is 0 Å². The summed E-state index contributed by atoms with van der Waals surface area (Å²) in [6.07, 6.45) is 7.94. The van der Waals surface area contributed by atoms with Crippen molar-refractivity contribution < 1.29 is 9.47 Å². The summed E-state index contributed by atoms with van der Waals surface area (Å²) in [5, 5.41) is 0. The Hall–Kier alpha value is -0.900. The lowest BCUT2D eigenvalue weighted by molar-refractivity contribution is -0.0583. The van der Waals surface area contributed by atoms with E-state index in [4.69, 9.17) is 9.47 Å². The quantitative estimate of drug-likeness (QED) is 0.783. The molecule has 0 aromatic heterocycles. The predicted octanol–water partition coefficient (Wildman–Crippen LogP) is 3.83. The van der Waals surface area contributed by atoms with Crippen LogP contribution in [0.2, 0.25) is 0 Å². The minimum absolute atomic E-state index is 0.442. The summed E-state index contributed by atoms with van der Waals surface area (Å²) < 4.78 is 12.0. The zero-order valence-electron chi connectivity index (χ0n) is 15.7. The van der Waals surface area contributed by atoms with Gasteiger partial charge in [-0.25, -0.2) is 0 Å². The number of benzene rings is 1. The second kappa shape index (κ2) is 8.20. The second-order valence-corrected chi connectivity index (χ2v) is 8.40. The summed E-state index contributed by atoms with van der Waals surface area (Å²) in [6.45, 7) is 7.45. The van der Waals surface area contributed by atoms with Crippen LogP contribution < -0.4 is 0 Å². The first-order valence-electron chi connectivity index (χ1n) is 10.3. The molecular weight excluding hydrogens is 310 g/mol. The molecule has 4 rings (SSSR count). The first-order valence-corrected chi connectivity index (χ1v) is 10.3. The highest BCUT2D eigenvalue weighted by molar-refractivity contribution is 5.23. The van der Waals surface area contributed by atoms with Gasteiger partial charge >= 0.3 is 0 Å². The van der Waals surface area contributed by atoms with Crippen molar-refractivity contribution in [2.24, 2.45) is 11.8 Å². The molecule has 2 heterocycles. The lowest BCUT2D eigenvalue weighted by Gasteiger charge is -2.43. The molecule has 1 saturated carbocycles. The van der Waals surface area contributed by atoms with Gasteiger partial charge in [-0.1, -0.05) is 29.8 Å². The lowest BCUT2D eigenvalue weighted by Crippen LogP contribution is -2.50. The molecular formula is C22H33NO2. The third-order valence-electron chi connectivity index (χ3n) is 6.23. The van der Waals surface area contributed by atoms with Crippen molar-refractivity contribution in [3.8, 4) is 0 Å². The van der Waals surface area contributed by atoms with E-state index in [0.29, 0.717) is 12.0 Å². The van der Waals surface area contributed by atoms with E-state index in [1.54, 1.807) is 0 Å². The Bertz CT molecular complexity index is 551. The Morgan fingerprint density at radius 1 is 1.12 bits per heavy atom. The van der Waals surface area contributed by atoms with E-state index in [9.17, 15) is 0 Å². The first-order chi connectivity index (χ1) is 12.3. The standard InChI is InChI=1S/C22H33NO2/c1-17-3-2-4-19(13-17)14-20-15-23(21-8-11-24-12-9-21)10-7-22(20)25-16-18-5-6-18/h2-4,13,18,20-22H,5-12,14-16H2,1H3/t20-,22+/m0/s1. The number of aryl methyl sites for hydroxylation is 1. The van der Waals surface area contributed by atoms with Crippen molar-refractivity contribution in [2.45, 2.75) is 57.6 Å². The van der Waals surface area contributed by atoms with Gasteiger partial charge in [0.05, 0.1) is 6.10 Å². The van der Waals surface area contributed by atoms with Crippen LogP contribution in [-0.4, -0.2) is 50.0 Å². The average molecular weight is 344 g/mol. The van der Waals surface area contributed by atoms with Gasteiger partial charge in [0.25, 0.3) is 0 Å². The fraction of sp³-hybridized carbons (Fsp3) is 0.727. The fourth-order valence-corrected chi connectivity index (χ4v) is 4.52. The van der Waals surface area contributed by atoms with E-state index in [1.807, 2.05) is 0 Å². The molecule has 0 N–H and O–H groups in total. The lowest BCUT2D eigenvalue weighted by atomic mass is 9.86. The second-order valence-electron chi connectivity index (χ2n) is 8.40. The van der Waals surface area contributed by atoms with Crippen molar-refractivity contribution in [1.82, 2.24) is 4.90 Å². The normalized spacial score (nSPS) is 29.0. The highest BCUT2D eigenvalue weighted by atomic mass is 16.5. The molecule has 2 saturated heterocycles. The summed E-state index contributed by atoms with van der Waals surface area (Å²) in [7, 11) is 0. The minimum atomic E-state index is 0.442. The zero-order chi connectivity index (χ0) is 17.1. The Morgan fingerprint density at radius 3 is 2.72 bits per heavy atom. The molecule has 1 aromatic rings. The summed E-state index contributed by atoms with van der Waals surface area (Å²) >= 11 is 0. The van der Waals surface area contributed by atoms with E-state index in [2.05, 4.69) is 36.1 Å². The topological polar surface area (TPSA) is 21.7 Å². The van der Waals surface area contributed by atoms with Gasteiger partial charge in [-0.05, 0) is 56.9 Å². The Kier molecular flexibility index (Phi) is 5.74. The number of hydrogen-bond acceptors (Lipinski definition) is 3. The molecule has 3 fully saturated rings. The molecule has 0 spiro atoms. The smallest absolute Gasteiger partial charge is 0.0631 e. The molecule has 0 amide bonds. The molecule has 0 bridgehead atoms. The van der Waals surface area contributed by atoms with E-state index in [-0.39, 0.29) is 0 Å². The summed E-state index contributed by atoms with van der Waals surface area (Å²) in [5.41, 5.74) is 2.84. The molecule has 3 nitrogen and oxygen atoms in total. The molecule has 25 heavy (non-hydrogen) atoms. The van der Waals surface area contributed by atoms with E-state index in [0.717, 1.165) is 38.2 Å². The Morgan fingerprint density at radius 2 is 1.96 bits per heavy atom. The molecule has 0 unspecified atom stereocenters. The number of ether oxygens (including phenoxy) is 2. The highest BCUT2D eigenvalue weighted by Gasteiger charge is 2.35. The maximum Gasteiger partial charge on any atom is 0.0631 e. The average Bonchev–Trinajstić information content (AvgIpc) is 3.46. The monoisotopic (exact) mass is 343 g/mol. The maximum absolute atomic E-state index is 6.41. The van der Waals surface area contributed by atoms with Crippen molar-refractivity contribution in [1.29, 1.82) is 0 Å². The zero-order valence-corrected chi connectivity index (χ0v) is 15.7. The van der Waals surface area contributed by atoms with Crippen LogP contribution in [0.3, 0.4) is 0 Å². The van der Waals surface area contributed by atoms with Gasteiger partial charge in [0, 0.05) is 44.9 Å². The van der Waals surface area contributed by atoms with Crippen LogP contribution in [0.25, 0.3) is 0 Å². The van der Waals surface area contributed by atoms with Crippen molar-refractivity contribution >= 4 is 0 Å². The molecule has 1 aromatic carbocycles. The largest absolute Gasteiger partial charge is 0.381 e. The fourth-order valence-electron chi connectivity index (χ4n) is 4.52. The van der Waals surface area contributed by atoms with Gasteiger partial charge in [-0.3, -0.25) is 4.90 Å². The highest BCUT2D eigenvalue weighted by Crippen LogP contribution is 2.32. The van der Waals surface area contributed by atoms with Crippen LogP contribution in [-0.2, 0) is 15.9 Å². The maximum atomic E-state index is 6.41. The van der Waals surface area contributed by atoms with Crippen molar-refractivity contribution in [3.05, 3.63) is 35.4 Å². The summed E-state index contributed by atoms with van der Waals surface area (Å²) in [4.78, 5) is 2.74. The molecule has 2 atom stereocenters. The number of likely N-dealkylation sites (tertiary alicyclic amines) is 1. The van der Waals surface area contributed by atoms with Gasteiger partial charge in [-0.2, -0.15) is 0 Å². The number of piperidine rings is 1. The van der Waals surface area contributed by atoms with E-state index >= 15 is 0 Å². The van der Waals surface area contributed by atoms with Crippen LogP contribution in [0.15, 0.2) is 24.3 Å². The van der Waals surface area contributed by atoms with Gasteiger partial charge in [0.2, 0.25) is 0 Å². The molecule has 0 radical (unpaired) electrons. The van der Waals surface area contributed by atoms with Gasteiger partial charge in [-0.15, -0.1) is 0 Å². The van der Waals surface area contributed by atoms with Crippen LogP contribution >= 0.6 is 0 Å². The van der Waals surface area contributed by atoms with Crippen LogP contribution in [0.1, 0.15) is 43.2 Å². The minimum Gasteiger partial charge on any atom is -0.381 e. The van der Waals surface area contributed by atoms with E-state index < -0.39 is 0 Å². The molecule has 1 aliphatic carbocycles. The van der Waals surface area contributed by atoms with Crippen molar-refractivity contribution in [2.75, 3.05) is 32.9 Å². The molecule has 3 heteroatoms. The summed E-state index contributed by atoms with van der Waals surface area (Å²) in [5.74, 6) is 1.48. The van der Waals surface area contributed by atoms with Crippen LogP contribution in [0, 0.1) is 18.8 Å². The van der Waals surface area contributed by atoms with Gasteiger partial charge in [0.15, 0.2) is 0 Å². The number of nitrogens with zero attached hydrogens (tertiary/aromatic N) is 1. The molecule has 3 aliphatic rings. The number of hydrogen-bond donors (Lipinski definition) is 0.